The summed E-state index contributed by atoms with van der Waals surface area (Å²) in [5.41, 5.74) is 3.02. The Labute approximate surface area is 119 Å². The Kier molecular flexibility index (Phi) is 4.21. The molecule has 0 radical (unpaired) electrons. The topological polar surface area (TPSA) is 55.4 Å². The van der Waals surface area contributed by atoms with E-state index >= 15 is 0 Å². The van der Waals surface area contributed by atoms with Gasteiger partial charge >= 0.3 is 5.76 Å². The molecule has 0 spiro atoms. The Hall–Kier alpha value is -1.71. The predicted octanol–water partition coefficient (Wildman–Crippen LogP) is 3.79. The molecule has 0 atom stereocenters. The van der Waals surface area contributed by atoms with Gasteiger partial charge in [-0.2, -0.15) is 0 Å². The van der Waals surface area contributed by atoms with Crippen LogP contribution in [-0.4, -0.2) is 9.67 Å². The average Bonchev–Trinajstić information content (AvgIpc) is 2.71. The number of aromatic hydroxyl groups is 1. The van der Waals surface area contributed by atoms with Crippen molar-refractivity contribution in [1.29, 1.82) is 0 Å². The largest absolute Gasteiger partial charge is 0.507 e. The molecule has 2 aromatic rings. The lowest BCUT2D eigenvalue weighted by molar-refractivity contribution is 0.455. The Morgan fingerprint density at radius 3 is 2.45 bits per heavy atom. The van der Waals surface area contributed by atoms with E-state index in [0.29, 0.717) is 17.8 Å². The van der Waals surface area contributed by atoms with Crippen LogP contribution in [-0.2, 0) is 12.8 Å². The number of aryl methyl sites for hydroxylation is 2. The van der Waals surface area contributed by atoms with Crippen LogP contribution in [0.2, 0.25) is 0 Å². The van der Waals surface area contributed by atoms with E-state index in [1.807, 2.05) is 19.9 Å². The normalized spacial score (nSPS) is 11.7. The Morgan fingerprint density at radius 1 is 1.25 bits per heavy atom. The minimum atomic E-state index is -0.347. The third-order valence-corrected chi connectivity index (χ3v) is 3.59. The van der Waals surface area contributed by atoms with Gasteiger partial charge in [-0.3, -0.25) is 4.57 Å². The van der Waals surface area contributed by atoms with E-state index in [-0.39, 0.29) is 11.8 Å². The van der Waals surface area contributed by atoms with Gasteiger partial charge < -0.3 is 9.52 Å². The van der Waals surface area contributed by atoms with Gasteiger partial charge in [-0.25, -0.2) is 4.79 Å². The number of fused-ring (bicyclic) bond motifs is 1. The summed E-state index contributed by atoms with van der Waals surface area (Å²) in [6.07, 6.45) is 3.37. The van der Waals surface area contributed by atoms with Crippen molar-refractivity contribution in [2.24, 2.45) is 0 Å². The first-order chi connectivity index (χ1) is 9.51. The molecule has 0 saturated heterocycles. The first kappa shape index (κ1) is 14.7. The Morgan fingerprint density at radius 2 is 1.90 bits per heavy atom. The molecule has 0 aliphatic carbocycles. The number of oxazole rings is 1. The van der Waals surface area contributed by atoms with Gasteiger partial charge in [0.15, 0.2) is 5.58 Å². The van der Waals surface area contributed by atoms with Gasteiger partial charge in [0.2, 0.25) is 0 Å². The molecular formula is C16H23NO3. The van der Waals surface area contributed by atoms with Crippen LogP contribution in [0.1, 0.15) is 57.7 Å². The number of benzene rings is 1. The quantitative estimate of drug-likeness (QED) is 0.904. The highest BCUT2D eigenvalue weighted by molar-refractivity contribution is 5.81. The molecular weight excluding hydrogens is 254 g/mol. The molecule has 1 N–H and O–H groups in total. The lowest BCUT2D eigenvalue weighted by Crippen LogP contribution is -2.16. The highest BCUT2D eigenvalue weighted by Gasteiger charge is 2.20. The third kappa shape index (κ3) is 2.35. The van der Waals surface area contributed by atoms with Crippen LogP contribution in [0.5, 0.6) is 5.75 Å². The smallest absolute Gasteiger partial charge is 0.420 e. The maximum absolute atomic E-state index is 12.0. The van der Waals surface area contributed by atoms with Crippen LogP contribution in [0.15, 0.2) is 15.3 Å². The lowest BCUT2D eigenvalue weighted by Gasteiger charge is -2.11. The van der Waals surface area contributed by atoms with Crippen molar-refractivity contribution in [3.05, 3.63) is 27.7 Å². The number of phenolic OH excluding ortho intramolecular Hbond substituents is 1. The van der Waals surface area contributed by atoms with Crippen molar-refractivity contribution >= 4 is 11.1 Å². The summed E-state index contributed by atoms with van der Waals surface area (Å²) in [6.45, 7) is 8.05. The van der Waals surface area contributed by atoms with E-state index < -0.39 is 0 Å². The summed E-state index contributed by atoms with van der Waals surface area (Å²) in [6, 6.07) is 1.94. The van der Waals surface area contributed by atoms with E-state index in [1.54, 1.807) is 4.57 Å². The molecule has 2 rings (SSSR count). The highest BCUT2D eigenvalue weighted by Crippen LogP contribution is 2.33. The number of aromatic nitrogens is 1. The maximum atomic E-state index is 12.0. The standard InChI is InChI=1S/C16H23NO3/c1-5-7-11-9-13-15(12(8-6-2)14(11)18)20-16(19)17(13)10(3)4/h9-10,18H,5-8H2,1-4H3. The van der Waals surface area contributed by atoms with Crippen molar-refractivity contribution in [2.75, 3.05) is 0 Å². The molecule has 1 heterocycles. The molecule has 4 heteroatoms. The van der Waals surface area contributed by atoms with Crippen LogP contribution in [0.3, 0.4) is 0 Å². The zero-order valence-electron chi connectivity index (χ0n) is 12.7. The monoisotopic (exact) mass is 277 g/mol. The predicted molar refractivity (Wildman–Crippen MR) is 80.5 cm³/mol. The second-order valence-corrected chi connectivity index (χ2v) is 5.54. The molecule has 0 amide bonds. The summed E-state index contributed by atoms with van der Waals surface area (Å²) < 4.78 is 7.07. The van der Waals surface area contributed by atoms with E-state index in [4.69, 9.17) is 4.42 Å². The van der Waals surface area contributed by atoms with Gasteiger partial charge in [-0.15, -0.1) is 0 Å². The second kappa shape index (κ2) is 5.73. The number of hydrogen-bond donors (Lipinski definition) is 1. The Bertz CT molecular complexity index is 664. The zero-order valence-corrected chi connectivity index (χ0v) is 12.7. The van der Waals surface area contributed by atoms with Crippen LogP contribution >= 0.6 is 0 Å². The fourth-order valence-corrected chi connectivity index (χ4v) is 2.71. The highest BCUT2D eigenvalue weighted by atomic mass is 16.4. The van der Waals surface area contributed by atoms with Gasteiger partial charge in [0, 0.05) is 11.6 Å². The van der Waals surface area contributed by atoms with Gasteiger partial charge in [-0.05, 0) is 38.3 Å². The van der Waals surface area contributed by atoms with Gasteiger partial charge in [0.25, 0.3) is 0 Å². The summed E-state index contributed by atoms with van der Waals surface area (Å²) in [5.74, 6) is -0.0498. The van der Waals surface area contributed by atoms with Crippen LogP contribution in [0, 0.1) is 0 Å². The summed E-state index contributed by atoms with van der Waals surface area (Å²) >= 11 is 0. The van der Waals surface area contributed by atoms with E-state index in [1.165, 1.54) is 0 Å². The van der Waals surface area contributed by atoms with Crippen molar-refractivity contribution in [3.8, 4) is 5.75 Å². The fraction of sp³-hybridized carbons (Fsp3) is 0.562. The maximum Gasteiger partial charge on any atom is 0.420 e. The fourth-order valence-electron chi connectivity index (χ4n) is 2.71. The minimum Gasteiger partial charge on any atom is -0.507 e. The van der Waals surface area contributed by atoms with Gasteiger partial charge in [0.1, 0.15) is 5.75 Å². The van der Waals surface area contributed by atoms with E-state index in [2.05, 4.69) is 13.8 Å². The molecule has 1 aromatic heterocycles. The summed E-state index contributed by atoms with van der Waals surface area (Å²) in [5, 5.41) is 10.4. The molecule has 0 bridgehead atoms. The third-order valence-electron chi connectivity index (χ3n) is 3.59. The van der Waals surface area contributed by atoms with Gasteiger partial charge in [-0.1, -0.05) is 26.7 Å². The molecule has 0 aliphatic rings. The first-order valence-corrected chi connectivity index (χ1v) is 7.39. The molecule has 20 heavy (non-hydrogen) atoms. The zero-order chi connectivity index (χ0) is 14.9. The second-order valence-electron chi connectivity index (χ2n) is 5.54. The van der Waals surface area contributed by atoms with Crippen molar-refractivity contribution in [2.45, 2.75) is 59.4 Å². The minimum absolute atomic E-state index is 0.0391. The van der Waals surface area contributed by atoms with E-state index in [0.717, 1.165) is 35.9 Å². The van der Waals surface area contributed by atoms with Crippen LogP contribution < -0.4 is 5.76 Å². The Balaban J connectivity index is 2.82. The number of rotatable bonds is 5. The number of nitrogens with zero attached hydrogens (tertiary/aromatic N) is 1. The molecule has 0 fully saturated rings. The molecule has 0 aliphatic heterocycles. The van der Waals surface area contributed by atoms with Crippen molar-refractivity contribution < 1.29 is 9.52 Å². The van der Waals surface area contributed by atoms with Crippen molar-refractivity contribution in [1.82, 2.24) is 4.57 Å². The summed E-state index contributed by atoms with van der Waals surface area (Å²) in [7, 11) is 0. The van der Waals surface area contributed by atoms with Crippen molar-refractivity contribution in [3.63, 3.8) is 0 Å². The van der Waals surface area contributed by atoms with Crippen LogP contribution in [0.25, 0.3) is 11.1 Å². The SMILES string of the molecule is CCCc1cc2c(oc(=O)n2C(C)C)c(CCC)c1O. The summed E-state index contributed by atoms with van der Waals surface area (Å²) in [4.78, 5) is 12.0. The van der Waals surface area contributed by atoms with E-state index in [9.17, 15) is 9.90 Å². The average molecular weight is 277 g/mol. The number of hydrogen-bond acceptors (Lipinski definition) is 3. The molecule has 0 unspecified atom stereocenters. The molecule has 1 aromatic carbocycles. The lowest BCUT2D eigenvalue weighted by atomic mass is 10.00. The first-order valence-electron chi connectivity index (χ1n) is 7.39. The van der Waals surface area contributed by atoms with Crippen LogP contribution in [0.4, 0.5) is 0 Å². The molecule has 4 nitrogen and oxygen atoms in total. The van der Waals surface area contributed by atoms with Gasteiger partial charge in [0.05, 0.1) is 5.52 Å². The molecule has 0 saturated carbocycles. The molecule has 110 valence electrons. The number of phenols is 1.